The van der Waals surface area contributed by atoms with E-state index in [0.29, 0.717) is 25.5 Å². The normalized spacial score (nSPS) is 9.88. The van der Waals surface area contributed by atoms with Crippen LogP contribution in [0.15, 0.2) is 53.6 Å². The number of benzene rings is 1. The second kappa shape index (κ2) is 10.6. The van der Waals surface area contributed by atoms with Crippen molar-refractivity contribution in [3.05, 3.63) is 66.1 Å². The first kappa shape index (κ1) is 21.7. The van der Waals surface area contributed by atoms with Gasteiger partial charge in [-0.1, -0.05) is 23.4 Å². The molecule has 26 heavy (non-hydrogen) atoms. The Morgan fingerprint density at radius 2 is 2.08 bits per heavy atom. The topological polar surface area (TPSA) is 82.2 Å². The highest BCUT2D eigenvalue weighted by Gasteiger charge is 2.13. The summed E-state index contributed by atoms with van der Waals surface area (Å²) in [6.45, 7) is 3.16. The van der Waals surface area contributed by atoms with Gasteiger partial charge in [0, 0.05) is 25.0 Å². The van der Waals surface area contributed by atoms with Gasteiger partial charge in [-0.05, 0) is 18.6 Å². The Morgan fingerprint density at radius 3 is 2.81 bits per heavy atom. The van der Waals surface area contributed by atoms with Crippen molar-refractivity contribution >= 4 is 30.8 Å². The zero-order chi connectivity index (χ0) is 16.8. The van der Waals surface area contributed by atoms with Gasteiger partial charge in [-0.3, -0.25) is 0 Å². The molecule has 0 aliphatic heterocycles. The number of hydrogen-bond donors (Lipinski definition) is 1. The van der Waals surface area contributed by atoms with Gasteiger partial charge in [-0.2, -0.15) is 0 Å². The van der Waals surface area contributed by atoms with E-state index in [-0.39, 0.29) is 30.5 Å². The molecular formula is C17H20Cl2N4O3. The molecule has 0 aliphatic carbocycles. The number of hydrogen-bond acceptors (Lipinski definition) is 6. The van der Waals surface area contributed by atoms with Crippen molar-refractivity contribution in [3.63, 3.8) is 0 Å². The Bertz CT molecular complexity index is 806. The number of carbonyl (C=O) groups is 1. The number of rotatable bonds is 7. The molecular weight excluding hydrogens is 379 g/mol. The van der Waals surface area contributed by atoms with Crippen molar-refractivity contribution in [2.24, 2.45) is 0 Å². The van der Waals surface area contributed by atoms with Crippen LogP contribution in [0.4, 0.5) is 0 Å². The minimum Gasteiger partial charge on any atom is -0.461 e. The third-order valence-corrected chi connectivity index (χ3v) is 3.43. The van der Waals surface area contributed by atoms with Gasteiger partial charge in [0.25, 0.3) is 0 Å². The fourth-order valence-electron chi connectivity index (χ4n) is 2.33. The Hall–Kier alpha value is -2.35. The van der Waals surface area contributed by atoms with Crippen LogP contribution in [0.3, 0.4) is 0 Å². The Labute approximate surface area is 163 Å². The van der Waals surface area contributed by atoms with Crippen molar-refractivity contribution in [2.75, 3.05) is 6.61 Å². The highest BCUT2D eigenvalue weighted by Crippen LogP contribution is 2.14. The van der Waals surface area contributed by atoms with Crippen molar-refractivity contribution in [1.82, 2.24) is 20.0 Å². The molecule has 0 atom stereocenters. The summed E-state index contributed by atoms with van der Waals surface area (Å²) in [6.07, 6.45) is 5.41. The van der Waals surface area contributed by atoms with Crippen molar-refractivity contribution in [2.45, 2.75) is 20.0 Å². The summed E-state index contributed by atoms with van der Waals surface area (Å²) in [7, 11) is 0. The SMILES string of the molecule is CCOC(=O)c1cc(CNCc2ccccc2-n2ccnc2)on1.Cl.Cl. The quantitative estimate of drug-likeness (QED) is 0.615. The van der Waals surface area contributed by atoms with E-state index in [1.165, 1.54) is 0 Å². The monoisotopic (exact) mass is 398 g/mol. The Balaban J connectivity index is 0.00000169. The van der Waals surface area contributed by atoms with Gasteiger partial charge < -0.3 is 19.1 Å². The van der Waals surface area contributed by atoms with E-state index in [4.69, 9.17) is 9.26 Å². The standard InChI is InChI=1S/C17H18N4O3.2ClH/c1-2-23-17(22)15-9-14(24-20-15)11-19-10-13-5-3-4-6-16(13)21-8-7-18-12-21;;/h3-9,12,19H,2,10-11H2,1H3;2*1H. The lowest BCUT2D eigenvalue weighted by Gasteiger charge is -2.10. The lowest BCUT2D eigenvalue weighted by Crippen LogP contribution is -2.14. The van der Waals surface area contributed by atoms with Gasteiger partial charge in [0.15, 0.2) is 11.5 Å². The fraction of sp³-hybridized carbons (Fsp3) is 0.235. The molecule has 0 radical (unpaired) electrons. The summed E-state index contributed by atoms with van der Waals surface area (Å²) in [4.78, 5) is 15.6. The number of nitrogens with zero attached hydrogens (tertiary/aromatic N) is 3. The minimum absolute atomic E-state index is 0. The average molecular weight is 399 g/mol. The van der Waals surface area contributed by atoms with Crippen molar-refractivity contribution < 1.29 is 14.1 Å². The second-order valence-corrected chi connectivity index (χ2v) is 5.10. The molecule has 0 saturated heterocycles. The summed E-state index contributed by atoms with van der Waals surface area (Å²) in [5.41, 5.74) is 2.38. The van der Waals surface area contributed by atoms with E-state index in [0.717, 1.165) is 11.3 Å². The van der Waals surface area contributed by atoms with Crippen LogP contribution >= 0.6 is 24.8 Å². The molecule has 140 valence electrons. The van der Waals surface area contributed by atoms with Crippen LogP contribution < -0.4 is 5.32 Å². The number of para-hydroxylation sites is 1. The number of carbonyl (C=O) groups excluding carboxylic acids is 1. The molecule has 1 N–H and O–H groups in total. The van der Waals surface area contributed by atoms with Crippen LogP contribution in [-0.4, -0.2) is 27.3 Å². The van der Waals surface area contributed by atoms with Gasteiger partial charge >= 0.3 is 5.97 Å². The number of aromatic nitrogens is 3. The second-order valence-electron chi connectivity index (χ2n) is 5.10. The van der Waals surface area contributed by atoms with Crippen LogP contribution in [0.2, 0.25) is 0 Å². The zero-order valence-electron chi connectivity index (χ0n) is 14.1. The van der Waals surface area contributed by atoms with E-state index in [2.05, 4.69) is 15.5 Å². The minimum atomic E-state index is -0.474. The Morgan fingerprint density at radius 1 is 1.27 bits per heavy atom. The third-order valence-electron chi connectivity index (χ3n) is 3.43. The van der Waals surface area contributed by atoms with E-state index >= 15 is 0 Å². The van der Waals surface area contributed by atoms with E-state index in [1.807, 2.05) is 35.0 Å². The van der Waals surface area contributed by atoms with Gasteiger partial charge in [-0.15, -0.1) is 24.8 Å². The fourth-order valence-corrected chi connectivity index (χ4v) is 2.33. The van der Waals surface area contributed by atoms with Crippen molar-refractivity contribution in [1.29, 1.82) is 0 Å². The zero-order valence-corrected chi connectivity index (χ0v) is 15.8. The molecule has 0 amide bonds. The van der Waals surface area contributed by atoms with Crippen LogP contribution in [0.5, 0.6) is 0 Å². The number of halogens is 2. The predicted molar refractivity (Wildman–Crippen MR) is 101 cm³/mol. The molecule has 2 heterocycles. The summed E-state index contributed by atoms with van der Waals surface area (Å²) in [5, 5.41) is 7.00. The van der Waals surface area contributed by atoms with Gasteiger partial charge in [0.05, 0.1) is 25.2 Å². The van der Waals surface area contributed by atoms with E-state index in [1.54, 1.807) is 25.5 Å². The molecule has 0 unspecified atom stereocenters. The van der Waals surface area contributed by atoms with Crippen LogP contribution in [-0.2, 0) is 17.8 Å². The third kappa shape index (κ3) is 5.32. The number of esters is 1. The van der Waals surface area contributed by atoms with Crippen LogP contribution in [0.1, 0.15) is 28.7 Å². The first-order valence-corrected chi connectivity index (χ1v) is 7.67. The van der Waals surface area contributed by atoms with Gasteiger partial charge in [0.1, 0.15) is 0 Å². The molecule has 3 rings (SSSR count). The predicted octanol–water partition coefficient (Wildman–Crippen LogP) is 3.17. The summed E-state index contributed by atoms with van der Waals surface area (Å²) in [5.74, 6) is 0.108. The molecule has 3 aromatic rings. The van der Waals surface area contributed by atoms with Crippen molar-refractivity contribution in [3.8, 4) is 5.69 Å². The highest BCUT2D eigenvalue weighted by molar-refractivity contribution is 5.87. The molecule has 0 bridgehead atoms. The van der Waals surface area contributed by atoms with Crippen LogP contribution in [0, 0.1) is 0 Å². The average Bonchev–Trinajstić information content (AvgIpc) is 3.27. The molecule has 0 saturated carbocycles. The van der Waals surface area contributed by atoms with E-state index in [9.17, 15) is 4.79 Å². The molecule has 0 aliphatic rings. The van der Waals surface area contributed by atoms with Gasteiger partial charge in [0.2, 0.25) is 0 Å². The summed E-state index contributed by atoms with van der Waals surface area (Å²) in [6, 6.07) is 9.65. The molecule has 7 nitrogen and oxygen atoms in total. The van der Waals surface area contributed by atoms with Crippen LogP contribution in [0.25, 0.3) is 5.69 Å². The maximum Gasteiger partial charge on any atom is 0.360 e. The number of imidazole rings is 1. The summed E-state index contributed by atoms with van der Waals surface area (Å²) < 4.78 is 12.0. The first-order valence-electron chi connectivity index (χ1n) is 7.67. The largest absolute Gasteiger partial charge is 0.461 e. The number of nitrogens with one attached hydrogen (secondary N) is 1. The Kier molecular flexibility index (Phi) is 8.84. The maximum absolute atomic E-state index is 11.6. The summed E-state index contributed by atoms with van der Waals surface area (Å²) >= 11 is 0. The smallest absolute Gasteiger partial charge is 0.360 e. The molecule has 2 aromatic heterocycles. The lowest BCUT2D eigenvalue weighted by molar-refractivity contribution is 0.0514. The highest BCUT2D eigenvalue weighted by atomic mass is 35.5. The number of ether oxygens (including phenoxy) is 1. The molecule has 1 aromatic carbocycles. The molecule has 0 fully saturated rings. The van der Waals surface area contributed by atoms with Gasteiger partial charge in [-0.25, -0.2) is 9.78 Å². The lowest BCUT2D eigenvalue weighted by atomic mass is 10.1. The molecule has 9 heteroatoms. The molecule has 0 spiro atoms. The first-order chi connectivity index (χ1) is 11.8. The maximum atomic E-state index is 11.6. The van der Waals surface area contributed by atoms with E-state index < -0.39 is 5.97 Å².